The van der Waals surface area contributed by atoms with Gasteiger partial charge in [-0.3, -0.25) is 4.79 Å². The summed E-state index contributed by atoms with van der Waals surface area (Å²) in [5.41, 5.74) is 3.43. The number of amides is 1. The van der Waals surface area contributed by atoms with E-state index in [4.69, 9.17) is 4.84 Å². The summed E-state index contributed by atoms with van der Waals surface area (Å²) in [4.78, 5) is 17.4. The molecule has 0 aromatic heterocycles. The fourth-order valence-corrected chi connectivity index (χ4v) is 3.32. The van der Waals surface area contributed by atoms with Gasteiger partial charge in [-0.2, -0.15) is 5.06 Å². The van der Waals surface area contributed by atoms with Crippen LogP contribution in [0.25, 0.3) is 0 Å². The first-order chi connectivity index (χ1) is 10.7. The number of benzene rings is 1. The number of nitrogens with one attached hydrogen (secondary N) is 2. The van der Waals surface area contributed by atoms with E-state index >= 15 is 0 Å². The van der Waals surface area contributed by atoms with Crippen molar-refractivity contribution in [2.75, 3.05) is 37.4 Å². The maximum absolute atomic E-state index is 12.2. The molecule has 5 nitrogen and oxygen atoms in total. The first-order valence-corrected chi connectivity index (χ1v) is 8.20. The highest BCUT2D eigenvalue weighted by Crippen LogP contribution is 2.26. The lowest BCUT2D eigenvalue weighted by atomic mass is 9.94. The Labute approximate surface area is 132 Å². The Morgan fingerprint density at radius 1 is 1.41 bits per heavy atom. The van der Waals surface area contributed by atoms with Gasteiger partial charge in [-0.25, -0.2) is 0 Å². The van der Waals surface area contributed by atoms with Crippen molar-refractivity contribution in [1.82, 2.24) is 5.06 Å². The molecule has 2 N–H and O–H groups in total. The summed E-state index contributed by atoms with van der Waals surface area (Å²) in [7, 11) is 1.71. The number of rotatable bonds is 4. The lowest BCUT2D eigenvalue weighted by molar-refractivity contribution is -0.149. The van der Waals surface area contributed by atoms with Crippen LogP contribution in [-0.4, -0.2) is 37.7 Å². The van der Waals surface area contributed by atoms with Gasteiger partial charge in [0.05, 0.1) is 7.11 Å². The molecule has 0 saturated carbocycles. The Bertz CT molecular complexity index is 525. The van der Waals surface area contributed by atoms with Crippen LogP contribution in [0.5, 0.6) is 0 Å². The minimum Gasteiger partial charge on any atom is -0.385 e. The summed E-state index contributed by atoms with van der Waals surface area (Å²) in [5, 5.41) is 8.41. The molecule has 2 aliphatic heterocycles. The standard InChI is InChI=1S/C17H25N3O2/c1-22-20-9-6-13(7-10-20)11-17(21)19-15-4-5-16-14(12-15)3-2-8-18-16/h4-5,12-13,18H,2-3,6-11H2,1H3,(H,19,21). The molecular weight excluding hydrogens is 278 g/mol. The lowest BCUT2D eigenvalue weighted by Gasteiger charge is -2.29. The summed E-state index contributed by atoms with van der Waals surface area (Å²) in [6.45, 7) is 2.87. The van der Waals surface area contributed by atoms with Gasteiger partial charge in [0.25, 0.3) is 0 Å². The van der Waals surface area contributed by atoms with Gasteiger partial charge in [0.2, 0.25) is 5.91 Å². The SMILES string of the molecule is CON1CCC(CC(=O)Nc2ccc3c(c2)CCCN3)CC1. The molecule has 120 valence electrons. The number of piperidine rings is 1. The van der Waals surface area contributed by atoms with Crippen molar-refractivity contribution in [3.8, 4) is 0 Å². The number of hydrogen-bond donors (Lipinski definition) is 2. The molecule has 0 atom stereocenters. The molecule has 3 rings (SSSR count). The summed E-state index contributed by atoms with van der Waals surface area (Å²) in [5.74, 6) is 0.588. The van der Waals surface area contributed by atoms with Gasteiger partial charge in [-0.05, 0) is 55.4 Å². The smallest absolute Gasteiger partial charge is 0.224 e. The van der Waals surface area contributed by atoms with E-state index in [9.17, 15) is 4.79 Å². The Kier molecular flexibility index (Phi) is 4.95. The Balaban J connectivity index is 1.51. The van der Waals surface area contributed by atoms with Crippen LogP contribution >= 0.6 is 0 Å². The molecule has 1 fully saturated rings. The number of hydroxylamine groups is 2. The maximum Gasteiger partial charge on any atom is 0.224 e. The molecule has 1 saturated heterocycles. The Morgan fingerprint density at radius 2 is 2.23 bits per heavy atom. The van der Waals surface area contributed by atoms with E-state index in [1.54, 1.807) is 7.11 Å². The van der Waals surface area contributed by atoms with Gasteiger partial charge in [0.15, 0.2) is 0 Å². The highest BCUT2D eigenvalue weighted by molar-refractivity contribution is 5.91. The fraction of sp³-hybridized carbons (Fsp3) is 0.588. The van der Waals surface area contributed by atoms with Gasteiger partial charge >= 0.3 is 0 Å². The number of aryl methyl sites for hydroxylation is 1. The molecule has 0 spiro atoms. The van der Waals surface area contributed by atoms with Crippen LogP contribution in [0.2, 0.25) is 0 Å². The summed E-state index contributed by atoms with van der Waals surface area (Å²) >= 11 is 0. The molecule has 1 aromatic carbocycles. The number of hydrogen-bond acceptors (Lipinski definition) is 4. The monoisotopic (exact) mass is 303 g/mol. The molecular formula is C17H25N3O2. The number of anilines is 2. The highest BCUT2D eigenvalue weighted by atomic mass is 16.7. The van der Waals surface area contributed by atoms with E-state index in [-0.39, 0.29) is 5.91 Å². The van der Waals surface area contributed by atoms with Crippen LogP contribution in [0.3, 0.4) is 0 Å². The summed E-state index contributed by atoms with van der Waals surface area (Å²) in [6.07, 6.45) is 4.89. The second-order valence-corrected chi connectivity index (χ2v) is 6.21. The third kappa shape index (κ3) is 3.78. The zero-order valence-electron chi connectivity index (χ0n) is 13.2. The largest absolute Gasteiger partial charge is 0.385 e. The predicted octanol–water partition coefficient (Wildman–Crippen LogP) is 2.65. The molecule has 2 heterocycles. The van der Waals surface area contributed by atoms with Crippen LogP contribution < -0.4 is 10.6 Å². The molecule has 0 bridgehead atoms. The van der Waals surface area contributed by atoms with E-state index < -0.39 is 0 Å². The van der Waals surface area contributed by atoms with Crippen molar-refractivity contribution < 1.29 is 9.63 Å². The van der Waals surface area contributed by atoms with Crippen molar-refractivity contribution in [2.24, 2.45) is 5.92 Å². The van der Waals surface area contributed by atoms with Crippen molar-refractivity contribution in [2.45, 2.75) is 32.1 Å². The van der Waals surface area contributed by atoms with E-state index in [0.29, 0.717) is 12.3 Å². The van der Waals surface area contributed by atoms with E-state index in [1.165, 1.54) is 11.3 Å². The van der Waals surface area contributed by atoms with Crippen LogP contribution in [0.4, 0.5) is 11.4 Å². The van der Waals surface area contributed by atoms with Gasteiger partial charge in [-0.1, -0.05) is 0 Å². The first-order valence-electron chi connectivity index (χ1n) is 8.20. The molecule has 0 aliphatic carbocycles. The van der Waals surface area contributed by atoms with Crippen LogP contribution in [-0.2, 0) is 16.1 Å². The zero-order chi connectivity index (χ0) is 15.4. The van der Waals surface area contributed by atoms with E-state index in [0.717, 1.165) is 51.0 Å². The van der Waals surface area contributed by atoms with Crippen molar-refractivity contribution in [3.05, 3.63) is 23.8 Å². The first kappa shape index (κ1) is 15.3. The molecule has 1 aromatic rings. The molecule has 0 unspecified atom stereocenters. The average molecular weight is 303 g/mol. The van der Waals surface area contributed by atoms with E-state index in [1.807, 2.05) is 11.1 Å². The Hall–Kier alpha value is -1.59. The number of carbonyl (C=O) groups excluding carboxylic acids is 1. The second-order valence-electron chi connectivity index (χ2n) is 6.21. The van der Waals surface area contributed by atoms with Gasteiger partial charge in [0, 0.05) is 37.4 Å². The van der Waals surface area contributed by atoms with Crippen LogP contribution in [0.1, 0.15) is 31.2 Å². The van der Waals surface area contributed by atoms with Crippen molar-refractivity contribution >= 4 is 17.3 Å². The average Bonchev–Trinajstić information content (AvgIpc) is 2.55. The summed E-state index contributed by atoms with van der Waals surface area (Å²) < 4.78 is 0. The number of carbonyl (C=O) groups is 1. The fourth-order valence-electron chi connectivity index (χ4n) is 3.32. The minimum atomic E-state index is 0.125. The minimum absolute atomic E-state index is 0.125. The topological polar surface area (TPSA) is 53.6 Å². The lowest BCUT2D eigenvalue weighted by Crippen LogP contribution is -2.34. The molecule has 2 aliphatic rings. The highest BCUT2D eigenvalue weighted by Gasteiger charge is 2.21. The third-order valence-corrected chi connectivity index (χ3v) is 4.63. The second kappa shape index (κ2) is 7.11. The summed E-state index contributed by atoms with van der Waals surface area (Å²) in [6, 6.07) is 6.16. The van der Waals surface area contributed by atoms with Gasteiger partial charge < -0.3 is 15.5 Å². The number of nitrogens with zero attached hydrogens (tertiary/aromatic N) is 1. The van der Waals surface area contributed by atoms with Crippen LogP contribution in [0.15, 0.2) is 18.2 Å². The Morgan fingerprint density at radius 3 is 3.00 bits per heavy atom. The quantitative estimate of drug-likeness (QED) is 0.898. The molecule has 5 heteroatoms. The van der Waals surface area contributed by atoms with Crippen molar-refractivity contribution in [3.63, 3.8) is 0 Å². The molecule has 0 radical (unpaired) electrons. The normalized spacial score (nSPS) is 19.3. The molecule has 22 heavy (non-hydrogen) atoms. The molecule has 1 amide bonds. The van der Waals surface area contributed by atoms with Gasteiger partial charge in [0.1, 0.15) is 0 Å². The van der Waals surface area contributed by atoms with Crippen molar-refractivity contribution in [1.29, 1.82) is 0 Å². The van der Waals surface area contributed by atoms with Gasteiger partial charge in [-0.15, -0.1) is 0 Å². The van der Waals surface area contributed by atoms with E-state index in [2.05, 4.69) is 22.8 Å². The predicted molar refractivity (Wildman–Crippen MR) is 87.8 cm³/mol. The maximum atomic E-state index is 12.2. The number of fused-ring (bicyclic) bond motifs is 1. The third-order valence-electron chi connectivity index (χ3n) is 4.63. The zero-order valence-corrected chi connectivity index (χ0v) is 13.2. The van der Waals surface area contributed by atoms with Crippen LogP contribution in [0, 0.1) is 5.92 Å².